The van der Waals surface area contributed by atoms with Gasteiger partial charge in [0.2, 0.25) is 0 Å². The van der Waals surface area contributed by atoms with Crippen LogP contribution in [0.1, 0.15) is 45.0 Å². The molecule has 4 nitrogen and oxygen atoms in total. The van der Waals surface area contributed by atoms with E-state index in [1.54, 1.807) is 0 Å². The zero-order valence-electron chi connectivity index (χ0n) is 13.0. The van der Waals surface area contributed by atoms with Crippen LogP contribution in [-0.4, -0.2) is 40.4 Å². The molecule has 2 heterocycles. The molecule has 0 bridgehead atoms. The lowest BCUT2D eigenvalue weighted by molar-refractivity contribution is 0.140. The average Bonchev–Trinajstić information content (AvgIpc) is 2.77. The summed E-state index contributed by atoms with van der Waals surface area (Å²) in [6.07, 6.45) is 3.37. The van der Waals surface area contributed by atoms with Crippen molar-refractivity contribution in [2.75, 3.05) is 19.6 Å². The lowest BCUT2D eigenvalue weighted by Crippen LogP contribution is -2.50. The molecule has 1 aromatic heterocycles. The molecule has 0 spiro atoms. The highest BCUT2D eigenvalue weighted by atomic mass is 35.5. The summed E-state index contributed by atoms with van der Waals surface area (Å²) in [7, 11) is 0. The first kappa shape index (κ1) is 15.8. The third-order valence-electron chi connectivity index (χ3n) is 4.14. The lowest BCUT2D eigenvalue weighted by Gasteiger charge is -2.36. The molecule has 0 aliphatic carbocycles. The predicted molar refractivity (Wildman–Crippen MR) is 84.3 cm³/mol. The van der Waals surface area contributed by atoms with Crippen LogP contribution in [0.4, 0.5) is 0 Å². The Kier molecular flexibility index (Phi) is 5.87. The molecule has 1 fully saturated rings. The SMILES string of the molecule is CCCC1CNCCN1Cc1c(Cl)c(CC)nn1CC. The van der Waals surface area contributed by atoms with Crippen LogP contribution in [0.15, 0.2) is 0 Å². The Morgan fingerprint density at radius 1 is 1.35 bits per heavy atom. The molecule has 1 saturated heterocycles. The molecule has 0 radical (unpaired) electrons. The third kappa shape index (κ3) is 3.35. The number of hydrogen-bond donors (Lipinski definition) is 1. The number of nitrogens with one attached hydrogen (secondary N) is 1. The van der Waals surface area contributed by atoms with E-state index in [2.05, 4.69) is 40.8 Å². The van der Waals surface area contributed by atoms with E-state index in [0.717, 1.165) is 49.9 Å². The normalized spacial score (nSPS) is 20.5. The molecule has 1 N–H and O–H groups in total. The van der Waals surface area contributed by atoms with Gasteiger partial charge in [-0.3, -0.25) is 9.58 Å². The van der Waals surface area contributed by atoms with E-state index >= 15 is 0 Å². The van der Waals surface area contributed by atoms with Crippen LogP contribution in [0.2, 0.25) is 5.02 Å². The van der Waals surface area contributed by atoms with Gasteiger partial charge < -0.3 is 5.32 Å². The van der Waals surface area contributed by atoms with Gasteiger partial charge in [-0.2, -0.15) is 5.10 Å². The van der Waals surface area contributed by atoms with Crippen molar-refractivity contribution in [1.82, 2.24) is 20.0 Å². The first-order chi connectivity index (χ1) is 9.71. The zero-order valence-corrected chi connectivity index (χ0v) is 13.7. The molecule has 0 aromatic carbocycles. The van der Waals surface area contributed by atoms with Gasteiger partial charge in [-0.15, -0.1) is 0 Å². The van der Waals surface area contributed by atoms with Gasteiger partial charge in [-0.1, -0.05) is 31.9 Å². The summed E-state index contributed by atoms with van der Waals surface area (Å²) in [5.41, 5.74) is 2.22. The fraction of sp³-hybridized carbons (Fsp3) is 0.800. The van der Waals surface area contributed by atoms with Crippen molar-refractivity contribution in [3.8, 4) is 0 Å². The van der Waals surface area contributed by atoms with E-state index in [4.69, 9.17) is 11.6 Å². The minimum absolute atomic E-state index is 0.620. The Hall–Kier alpha value is -0.580. The van der Waals surface area contributed by atoms with Crippen LogP contribution >= 0.6 is 11.6 Å². The monoisotopic (exact) mass is 298 g/mol. The molecule has 0 saturated carbocycles. The number of rotatable bonds is 6. The molecule has 1 aliphatic rings. The Labute approximate surface area is 127 Å². The smallest absolute Gasteiger partial charge is 0.0863 e. The largest absolute Gasteiger partial charge is 0.314 e. The molecule has 1 atom stereocenters. The maximum absolute atomic E-state index is 6.53. The maximum Gasteiger partial charge on any atom is 0.0863 e. The molecular formula is C15H27ClN4. The van der Waals surface area contributed by atoms with Crippen LogP contribution in [0.5, 0.6) is 0 Å². The first-order valence-electron chi connectivity index (χ1n) is 7.90. The molecule has 1 unspecified atom stereocenters. The van der Waals surface area contributed by atoms with Crippen LogP contribution in [-0.2, 0) is 19.5 Å². The minimum atomic E-state index is 0.620. The van der Waals surface area contributed by atoms with Crippen molar-refractivity contribution in [3.05, 3.63) is 16.4 Å². The van der Waals surface area contributed by atoms with Crippen molar-refractivity contribution in [2.45, 2.75) is 59.2 Å². The quantitative estimate of drug-likeness (QED) is 0.876. The van der Waals surface area contributed by atoms with E-state index in [1.165, 1.54) is 18.5 Å². The third-order valence-corrected chi connectivity index (χ3v) is 4.58. The van der Waals surface area contributed by atoms with Gasteiger partial charge in [0.15, 0.2) is 0 Å². The van der Waals surface area contributed by atoms with Crippen molar-refractivity contribution in [2.24, 2.45) is 0 Å². The minimum Gasteiger partial charge on any atom is -0.314 e. The Bertz CT molecular complexity index is 428. The van der Waals surface area contributed by atoms with Crippen LogP contribution < -0.4 is 5.32 Å². The fourth-order valence-electron chi connectivity index (χ4n) is 2.99. The highest BCUT2D eigenvalue weighted by Crippen LogP contribution is 2.24. The van der Waals surface area contributed by atoms with E-state index in [9.17, 15) is 0 Å². The summed E-state index contributed by atoms with van der Waals surface area (Å²) < 4.78 is 2.08. The Balaban J connectivity index is 2.17. The van der Waals surface area contributed by atoms with Gasteiger partial charge in [-0.05, 0) is 19.8 Å². The van der Waals surface area contributed by atoms with E-state index in [1.807, 2.05) is 0 Å². The van der Waals surface area contributed by atoms with Crippen LogP contribution in [0, 0.1) is 0 Å². The van der Waals surface area contributed by atoms with Crippen molar-refractivity contribution in [1.29, 1.82) is 0 Å². The lowest BCUT2D eigenvalue weighted by atomic mass is 10.1. The van der Waals surface area contributed by atoms with Gasteiger partial charge in [0, 0.05) is 38.8 Å². The highest BCUT2D eigenvalue weighted by Gasteiger charge is 2.24. The van der Waals surface area contributed by atoms with Gasteiger partial charge in [0.05, 0.1) is 16.4 Å². The topological polar surface area (TPSA) is 33.1 Å². The first-order valence-corrected chi connectivity index (χ1v) is 8.27. The van der Waals surface area contributed by atoms with Crippen molar-refractivity contribution in [3.63, 3.8) is 0 Å². The summed E-state index contributed by atoms with van der Waals surface area (Å²) in [5, 5.41) is 9.00. The molecule has 20 heavy (non-hydrogen) atoms. The summed E-state index contributed by atoms with van der Waals surface area (Å²) in [6, 6.07) is 0.620. The number of halogens is 1. The molecule has 1 aromatic rings. The number of nitrogens with zero attached hydrogens (tertiary/aromatic N) is 3. The summed E-state index contributed by atoms with van der Waals surface area (Å²) in [4.78, 5) is 2.56. The van der Waals surface area contributed by atoms with Gasteiger partial charge in [0.25, 0.3) is 0 Å². The van der Waals surface area contributed by atoms with Crippen molar-refractivity contribution < 1.29 is 0 Å². The molecular weight excluding hydrogens is 272 g/mol. The maximum atomic E-state index is 6.53. The second-order valence-corrected chi connectivity index (χ2v) is 5.87. The highest BCUT2D eigenvalue weighted by molar-refractivity contribution is 6.31. The Morgan fingerprint density at radius 2 is 2.15 bits per heavy atom. The summed E-state index contributed by atoms with van der Waals surface area (Å²) in [6.45, 7) is 11.6. The molecule has 2 rings (SSSR count). The average molecular weight is 299 g/mol. The molecule has 114 valence electrons. The molecule has 0 amide bonds. The number of piperazine rings is 1. The zero-order chi connectivity index (χ0) is 14.5. The second-order valence-electron chi connectivity index (χ2n) is 5.49. The Morgan fingerprint density at radius 3 is 2.80 bits per heavy atom. The fourth-order valence-corrected chi connectivity index (χ4v) is 3.32. The summed E-state index contributed by atoms with van der Waals surface area (Å²) in [5.74, 6) is 0. The van der Waals surface area contributed by atoms with Gasteiger partial charge in [0.1, 0.15) is 0 Å². The van der Waals surface area contributed by atoms with Gasteiger partial charge >= 0.3 is 0 Å². The predicted octanol–water partition coefficient (Wildman–Crippen LogP) is 2.69. The van der Waals surface area contributed by atoms with E-state index < -0.39 is 0 Å². The molecule has 1 aliphatic heterocycles. The van der Waals surface area contributed by atoms with E-state index in [-0.39, 0.29) is 0 Å². The van der Waals surface area contributed by atoms with Gasteiger partial charge in [-0.25, -0.2) is 0 Å². The van der Waals surface area contributed by atoms with Crippen LogP contribution in [0.3, 0.4) is 0 Å². The van der Waals surface area contributed by atoms with Crippen LogP contribution in [0.25, 0.3) is 0 Å². The van der Waals surface area contributed by atoms with Crippen molar-refractivity contribution >= 4 is 11.6 Å². The number of aromatic nitrogens is 2. The molecule has 5 heteroatoms. The number of hydrogen-bond acceptors (Lipinski definition) is 3. The summed E-state index contributed by atoms with van der Waals surface area (Å²) >= 11 is 6.53. The standard InChI is InChI=1S/C15H27ClN4/c1-4-7-12-10-17-8-9-19(12)11-14-15(16)13(5-2)18-20(14)6-3/h12,17H,4-11H2,1-3H3. The second kappa shape index (κ2) is 7.43. The van der Waals surface area contributed by atoms with E-state index in [0.29, 0.717) is 6.04 Å². The number of aryl methyl sites for hydroxylation is 2.